The van der Waals surface area contributed by atoms with Gasteiger partial charge in [-0.1, -0.05) is 59.8 Å². The molecule has 5 heteroatoms. The molecule has 1 amide bonds. The second-order valence-electron chi connectivity index (χ2n) is 6.45. The minimum Gasteiger partial charge on any atom is -0.545 e. The molecule has 0 bridgehead atoms. The van der Waals surface area contributed by atoms with E-state index in [1.54, 1.807) is 17.0 Å². The summed E-state index contributed by atoms with van der Waals surface area (Å²) in [6.45, 7) is 2.36. The van der Waals surface area contributed by atoms with Gasteiger partial charge in [0.25, 0.3) is 5.91 Å². The first-order chi connectivity index (χ1) is 13.0. The first-order valence-electron chi connectivity index (χ1n) is 8.52. The van der Waals surface area contributed by atoms with Crippen molar-refractivity contribution in [1.82, 2.24) is 0 Å². The lowest BCUT2D eigenvalue weighted by Gasteiger charge is -2.24. The molecule has 0 aromatic heterocycles. The van der Waals surface area contributed by atoms with Gasteiger partial charge in [0.05, 0.1) is 23.8 Å². The summed E-state index contributed by atoms with van der Waals surface area (Å²) >= 11 is 1.47. The Morgan fingerprint density at radius 2 is 1.81 bits per heavy atom. The van der Waals surface area contributed by atoms with Gasteiger partial charge in [-0.3, -0.25) is 4.79 Å². The van der Waals surface area contributed by atoms with E-state index in [1.807, 2.05) is 49.4 Å². The van der Waals surface area contributed by atoms with Crippen LogP contribution in [0.5, 0.6) is 0 Å². The fraction of sp³-hybridized carbons (Fsp3) is 0.0909. The van der Waals surface area contributed by atoms with Gasteiger partial charge in [0.15, 0.2) is 0 Å². The predicted molar refractivity (Wildman–Crippen MR) is 103 cm³/mol. The van der Waals surface area contributed by atoms with E-state index in [1.165, 1.54) is 23.9 Å². The lowest BCUT2D eigenvalue weighted by atomic mass is 10.1. The molecular formula is C22H16NO3S-. The zero-order valence-electron chi connectivity index (χ0n) is 14.6. The number of aromatic carboxylic acids is 1. The van der Waals surface area contributed by atoms with Crippen molar-refractivity contribution in [3.63, 3.8) is 0 Å². The van der Waals surface area contributed by atoms with Crippen LogP contribution in [0, 0.1) is 6.92 Å². The molecule has 0 radical (unpaired) electrons. The van der Waals surface area contributed by atoms with Crippen LogP contribution in [0.15, 0.2) is 76.5 Å². The summed E-state index contributed by atoms with van der Waals surface area (Å²) in [7, 11) is 0. The van der Waals surface area contributed by atoms with Gasteiger partial charge in [-0.25, -0.2) is 0 Å². The Morgan fingerprint density at radius 3 is 2.59 bits per heavy atom. The summed E-state index contributed by atoms with van der Waals surface area (Å²) < 4.78 is 0. The highest BCUT2D eigenvalue weighted by Crippen LogP contribution is 2.42. The number of carboxylic acids is 1. The third kappa shape index (κ3) is 3.34. The summed E-state index contributed by atoms with van der Waals surface area (Å²) in [5.41, 5.74) is 3.35. The third-order valence-electron chi connectivity index (χ3n) is 4.49. The van der Waals surface area contributed by atoms with E-state index in [0.717, 1.165) is 20.9 Å². The van der Waals surface area contributed by atoms with E-state index >= 15 is 0 Å². The molecule has 3 aromatic rings. The second-order valence-corrected chi connectivity index (χ2v) is 7.53. The fourth-order valence-electron chi connectivity index (χ4n) is 3.20. The molecule has 0 unspecified atom stereocenters. The van der Waals surface area contributed by atoms with Crippen molar-refractivity contribution in [2.24, 2.45) is 0 Å². The normalized spacial score (nSPS) is 12.9. The molecule has 4 rings (SSSR count). The topological polar surface area (TPSA) is 60.4 Å². The number of rotatable bonds is 3. The molecule has 4 nitrogen and oxygen atoms in total. The van der Waals surface area contributed by atoms with E-state index in [0.29, 0.717) is 17.8 Å². The van der Waals surface area contributed by atoms with Crippen molar-refractivity contribution in [2.75, 3.05) is 4.90 Å². The Balaban J connectivity index is 1.87. The van der Waals surface area contributed by atoms with Crippen LogP contribution in [0.25, 0.3) is 0 Å². The number of hydrogen-bond acceptors (Lipinski definition) is 4. The molecule has 3 aromatic carbocycles. The summed E-state index contributed by atoms with van der Waals surface area (Å²) in [6.07, 6.45) is 0. The van der Waals surface area contributed by atoms with Crippen molar-refractivity contribution in [3.05, 3.63) is 89.0 Å². The number of aryl methyl sites for hydroxylation is 1. The molecule has 0 aliphatic carbocycles. The lowest BCUT2D eigenvalue weighted by molar-refractivity contribution is -0.255. The molecule has 1 aliphatic heterocycles. The quantitative estimate of drug-likeness (QED) is 0.702. The molecule has 0 atom stereocenters. The van der Waals surface area contributed by atoms with E-state index in [2.05, 4.69) is 0 Å². The van der Waals surface area contributed by atoms with Crippen LogP contribution in [0.4, 0.5) is 5.69 Å². The van der Waals surface area contributed by atoms with Crippen LogP contribution < -0.4 is 10.0 Å². The van der Waals surface area contributed by atoms with Crippen molar-refractivity contribution in [2.45, 2.75) is 23.3 Å². The Labute approximate surface area is 161 Å². The van der Waals surface area contributed by atoms with Gasteiger partial charge in [0.2, 0.25) is 0 Å². The minimum absolute atomic E-state index is 0.0577. The van der Waals surface area contributed by atoms with Crippen LogP contribution >= 0.6 is 11.8 Å². The number of carbonyl (C=O) groups excluding carboxylic acids is 2. The third-order valence-corrected chi connectivity index (χ3v) is 5.63. The predicted octanol–water partition coefficient (Wildman–Crippen LogP) is 3.67. The zero-order valence-corrected chi connectivity index (χ0v) is 15.5. The Bertz CT molecular complexity index is 1060. The molecule has 0 fully saturated rings. The summed E-state index contributed by atoms with van der Waals surface area (Å²) in [4.78, 5) is 28.0. The Morgan fingerprint density at radius 1 is 1.00 bits per heavy atom. The van der Waals surface area contributed by atoms with Crippen molar-refractivity contribution in [1.29, 1.82) is 0 Å². The average molecular weight is 374 g/mol. The molecule has 0 spiro atoms. The molecule has 134 valence electrons. The maximum atomic E-state index is 13.3. The maximum Gasteiger partial charge on any atom is 0.259 e. The zero-order chi connectivity index (χ0) is 19.0. The highest BCUT2D eigenvalue weighted by Gasteiger charge is 2.27. The summed E-state index contributed by atoms with van der Waals surface area (Å²) in [6, 6.07) is 20.2. The van der Waals surface area contributed by atoms with Gasteiger partial charge in [0.1, 0.15) is 0 Å². The van der Waals surface area contributed by atoms with Crippen LogP contribution in [0.3, 0.4) is 0 Å². The van der Waals surface area contributed by atoms with E-state index < -0.39 is 5.97 Å². The van der Waals surface area contributed by atoms with Gasteiger partial charge >= 0.3 is 0 Å². The van der Waals surface area contributed by atoms with E-state index in [-0.39, 0.29) is 11.5 Å². The SMILES string of the molecule is Cc1cccc(CN2C(=O)c3ccccc3Sc3ccc(C(=O)[O-])cc32)c1. The molecular weight excluding hydrogens is 358 g/mol. The number of amides is 1. The monoisotopic (exact) mass is 374 g/mol. The van der Waals surface area contributed by atoms with Gasteiger partial charge in [0, 0.05) is 9.79 Å². The van der Waals surface area contributed by atoms with E-state index in [9.17, 15) is 14.7 Å². The molecule has 0 N–H and O–H groups in total. The van der Waals surface area contributed by atoms with Gasteiger partial charge < -0.3 is 14.8 Å². The molecule has 27 heavy (non-hydrogen) atoms. The van der Waals surface area contributed by atoms with Crippen LogP contribution in [0.2, 0.25) is 0 Å². The van der Waals surface area contributed by atoms with Gasteiger partial charge in [-0.15, -0.1) is 0 Å². The second kappa shape index (κ2) is 6.93. The standard InChI is InChI=1S/C22H17NO3S/c1-14-5-4-6-15(11-14)13-23-18-12-16(22(25)26)9-10-20(18)27-19-8-3-2-7-17(19)21(23)24/h2-12H,13H2,1H3,(H,25,26)/p-1. The summed E-state index contributed by atoms with van der Waals surface area (Å²) in [5.74, 6) is -1.40. The number of carboxylic acid groups (broad SMARTS) is 1. The summed E-state index contributed by atoms with van der Waals surface area (Å²) in [5, 5.41) is 11.4. The van der Waals surface area contributed by atoms with Crippen molar-refractivity contribution >= 4 is 29.3 Å². The largest absolute Gasteiger partial charge is 0.545 e. The number of nitrogens with zero attached hydrogens (tertiary/aromatic N) is 1. The highest BCUT2D eigenvalue weighted by atomic mass is 32.2. The van der Waals surface area contributed by atoms with Crippen LogP contribution in [-0.4, -0.2) is 11.9 Å². The van der Waals surface area contributed by atoms with Crippen LogP contribution in [0.1, 0.15) is 31.8 Å². The molecule has 1 aliphatic rings. The van der Waals surface area contributed by atoms with Crippen molar-refractivity contribution in [3.8, 4) is 0 Å². The van der Waals surface area contributed by atoms with E-state index in [4.69, 9.17) is 0 Å². The number of hydrogen-bond donors (Lipinski definition) is 0. The maximum absolute atomic E-state index is 13.3. The lowest BCUT2D eigenvalue weighted by Crippen LogP contribution is -2.31. The first-order valence-corrected chi connectivity index (χ1v) is 9.34. The number of fused-ring (bicyclic) bond motifs is 2. The van der Waals surface area contributed by atoms with Crippen molar-refractivity contribution < 1.29 is 14.7 Å². The average Bonchev–Trinajstić information content (AvgIpc) is 2.77. The van der Waals surface area contributed by atoms with Crippen LogP contribution in [-0.2, 0) is 6.54 Å². The first kappa shape index (κ1) is 17.4. The van der Waals surface area contributed by atoms with Gasteiger partial charge in [-0.2, -0.15) is 0 Å². The number of carbonyl (C=O) groups is 2. The molecule has 1 heterocycles. The smallest absolute Gasteiger partial charge is 0.259 e. The fourth-order valence-corrected chi connectivity index (χ4v) is 4.26. The Hall–Kier alpha value is -3.05. The Kier molecular flexibility index (Phi) is 4.46. The van der Waals surface area contributed by atoms with Gasteiger partial charge in [-0.05, 0) is 42.3 Å². The molecule has 0 saturated carbocycles. The number of benzene rings is 3. The highest BCUT2D eigenvalue weighted by molar-refractivity contribution is 7.99. The minimum atomic E-state index is -1.26. The number of anilines is 1. The molecule has 0 saturated heterocycles.